The summed E-state index contributed by atoms with van der Waals surface area (Å²) in [6.45, 7) is 5.58. The Labute approximate surface area is 190 Å². The lowest BCUT2D eigenvalue weighted by Crippen LogP contribution is -2.27. The van der Waals surface area contributed by atoms with Crippen LogP contribution in [0.2, 0.25) is 5.02 Å². The third-order valence-electron chi connectivity index (χ3n) is 5.67. The van der Waals surface area contributed by atoms with E-state index in [-0.39, 0.29) is 0 Å². The summed E-state index contributed by atoms with van der Waals surface area (Å²) in [6, 6.07) is 6.14. The van der Waals surface area contributed by atoms with Gasteiger partial charge in [0.25, 0.3) is 0 Å². The molecule has 3 rings (SSSR count). The van der Waals surface area contributed by atoms with Gasteiger partial charge in [-0.25, -0.2) is 9.97 Å². The van der Waals surface area contributed by atoms with Crippen molar-refractivity contribution >= 4 is 35.0 Å². The third-order valence-corrected chi connectivity index (χ3v) is 6.48. The number of halogens is 1. The molecule has 1 aliphatic carbocycles. The molecule has 0 aliphatic heterocycles. The monoisotopic (exact) mass is 448 g/mol. The zero-order valence-corrected chi connectivity index (χ0v) is 19.6. The molecule has 30 heavy (non-hydrogen) atoms. The Hall–Kier alpha value is -1.66. The van der Waals surface area contributed by atoms with Crippen molar-refractivity contribution < 1.29 is 4.74 Å². The van der Waals surface area contributed by atoms with Gasteiger partial charge in [-0.1, -0.05) is 43.4 Å². The first kappa shape index (κ1) is 23.0. The van der Waals surface area contributed by atoms with Crippen LogP contribution in [0.15, 0.2) is 30.6 Å². The summed E-state index contributed by atoms with van der Waals surface area (Å²) in [7, 11) is 0. The molecule has 1 fully saturated rings. The smallest absolute Gasteiger partial charge is 0.223 e. The van der Waals surface area contributed by atoms with Gasteiger partial charge in [0, 0.05) is 36.1 Å². The second-order valence-corrected chi connectivity index (χ2v) is 9.15. The first-order valence-electron chi connectivity index (χ1n) is 10.9. The van der Waals surface area contributed by atoms with E-state index in [9.17, 15) is 0 Å². The molecule has 1 aromatic carbocycles. The summed E-state index contributed by atoms with van der Waals surface area (Å²) in [4.78, 5) is 11.2. The zero-order chi connectivity index (χ0) is 21.2. The van der Waals surface area contributed by atoms with Gasteiger partial charge >= 0.3 is 0 Å². The molecule has 0 atom stereocenters. The standard InChI is InChI=1S/C23H33ClN4OS/c1-3-28(11-10-18-6-4-5-7-18)22-14-20(24)9-8-19(22)15-25-23-26-16-21(17-27-23)29-12-13-30-2/h8-9,14,16-18H,3-7,10-13,15H2,1-2H3,(H,25,26,27). The van der Waals surface area contributed by atoms with Crippen LogP contribution in [-0.4, -0.2) is 41.7 Å². The number of rotatable bonds is 12. The molecule has 0 bridgehead atoms. The maximum Gasteiger partial charge on any atom is 0.223 e. The fraction of sp³-hybridized carbons (Fsp3) is 0.565. The SMILES string of the molecule is CCN(CCC1CCCC1)c1cc(Cl)ccc1CNc1ncc(OCCSC)cn1. The molecule has 1 N–H and O–H groups in total. The predicted octanol–water partition coefficient (Wildman–Crippen LogP) is 5.89. The Morgan fingerprint density at radius 2 is 2.00 bits per heavy atom. The lowest BCUT2D eigenvalue weighted by molar-refractivity contribution is 0.341. The lowest BCUT2D eigenvalue weighted by atomic mass is 10.0. The van der Waals surface area contributed by atoms with E-state index in [1.54, 1.807) is 24.2 Å². The van der Waals surface area contributed by atoms with Crippen LogP contribution in [0.5, 0.6) is 5.75 Å². The van der Waals surface area contributed by atoms with E-state index in [0.717, 1.165) is 29.8 Å². The molecule has 0 amide bonds. The Balaban J connectivity index is 1.61. The summed E-state index contributed by atoms with van der Waals surface area (Å²) < 4.78 is 5.62. The first-order chi connectivity index (χ1) is 14.7. The number of hydrogen-bond donors (Lipinski definition) is 1. The highest BCUT2D eigenvalue weighted by Gasteiger charge is 2.17. The summed E-state index contributed by atoms with van der Waals surface area (Å²) in [5.41, 5.74) is 2.41. The average molecular weight is 449 g/mol. The molecule has 0 saturated heterocycles. The maximum absolute atomic E-state index is 6.34. The molecular weight excluding hydrogens is 416 g/mol. The van der Waals surface area contributed by atoms with Crippen molar-refractivity contribution in [1.29, 1.82) is 0 Å². The number of ether oxygens (including phenoxy) is 1. The molecule has 164 valence electrons. The van der Waals surface area contributed by atoms with Gasteiger partial charge in [-0.15, -0.1) is 0 Å². The van der Waals surface area contributed by atoms with Crippen LogP contribution in [0.3, 0.4) is 0 Å². The van der Waals surface area contributed by atoms with Crippen molar-refractivity contribution in [2.45, 2.75) is 45.6 Å². The molecule has 0 spiro atoms. The maximum atomic E-state index is 6.34. The van der Waals surface area contributed by atoms with Crippen molar-refractivity contribution in [2.24, 2.45) is 5.92 Å². The third kappa shape index (κ3) is 6.95. The van der Waals surface area contributed by atoms with Gasteiger partial charge in [0.15, 0.2) is 5.75 Å². The van der Waals surface area contributed by atoms with Crippen molar-refractivity contribution in [3.8, 4) is 5.75 Å². The van der Waals surface area contributed by atoms with E-state index in [0.29, 0.717) is 24.8 Å². The number of benzene rings is 1. The normalized spacial score (nSPS) is 14.1. The molecule has 1 aliphatic rings. The van der Waals surface area contributed by atoms with E-state index in [1.807, 2.05) is 6.07 Å². The van der Waals surface area contributed by atoms with Gasteiger partial charge in [0.1, 0.15) is 0 Å². The highest BCUT2D eigenvalue weighted by Crippen LogP contribution is 2.30. The number of nitrogens with one attached hydrogen (secondary N) is 1. The largest absolute Gasteiger partial charge is 0.489 e. The van der Waals surface area contributed by atoms with E-state index < -0.39 is 0 Å². The minimum absolute atomic E-state index is 0.599. The van der Waals surface area contributed by atoms with Gasteiger partial charge in [-0.3, -0.25) is 0 Å². The van der Waals surface area contributed by atoms with Gasteiger partial charge in [0.05, 0.1) is 19.0 Å². The predicted molar refractivity (Wildman–Crippen MR) is 129 cm³/mol. The fourth-order valence-corrected chi connectivity index (χ4v) is 4.38. The second kappa shape index (κ2) is 12.3. The highest BCUT2D eigenvalue weighted by atomic mass is 35.5. The van der Waals surface area contributed by atoms with E-state index in [2.05, 4.69) is 45.5 Å². The Morgan fingerprint density at radius 1 is 1.23 bits per heavy atom. The first-order valence-corrected chi connectivity index (χ1v) is 12.7. The fourth-order valence-electron chi connectivity index (χ4n) is 3.97. The highest BCUT2D eigenvalue weighted by molar-refractivity contribution is 7.98. The van der Waals surface area contributed by atoms with E-state index in [4.69, 9.17) is 16.3 Å². The van der Waals surface area contributed by atoms with Crippen molar-refractivity contribution in [3.63, 3.8) is 0 Å². The number of hydrogen-bond acceptors (Lipinski definition) is 6. The van der Waals surface area contributed by atoms with Crippen LogP contribution in [0.25, 0.3) is 0 Å². The van der Waals surface area contributed by atoms with Crippen molar-refractivity contribution in [2.75, 3.05) is 41.9 Å². The molecule has 1 saturated carbocycles. The van der Waals surface area contributed by atoms with Gasteiger partial charge in [-0.05, 0) is 43.2 Å². The number of nitrogens with zero attached hydrogens (tertiary/aromatic N) is 3. The van der Waals surface area contributed by atoms with Crippen LogP contribution in [0, 0.1) is 5.92 Å². The molecule has 0 radical (unpaired) electrons. The van der Waals surface area contributed by atoms with Crippen LogP contribution < -0.4 is 15.0 Å². The summed E-state index contributed by atoms with van der Waals surface area (Å²) in [5, 5.41) is 4.11. The molecule has 1 heterocycles. The van der Waals surface area contributed by atoms with Gasteiger partial charge in [0.2, 0.25) is 5.95 Å². The van der Waals surface area contributed by atoms with Crippen molar-refractivity contribution in [3.05, 3.63) is 41.2 Å². The molecule has 7 heteroatoms. The molecule has 2 aromatic rings. The molecular formula is C23H33ClN4OS. The average Bonchev–Trinajstić information content (AvgIpc) is 3.28. The number of thioether (sulfide) groups is 1. The van der Waals surface area contributed by atoms with Gasteiger partial charge in [-0.2, -0.15) is 11.8 Å². The van der Waals surface area contributed by atoms with Crippen LogP contribution in [0.4, 0.5) is 11.6 Å². The second-order valence-electron chi connectivity index (χ2n) is 7.73. The van der Waals surface area contributed by atoms with E-state index in [1.165, 1.54) is 43.4 Å². The number of aromatic nitrogens is 2. The van der Waals surface area contributed by atoms with Crippen LogP contribution >= 0.6 is 23.4 Å². The molecule has 1 aromatic heterocycles. The minimum atomic E-state index is 0.599. The van der Waals surface area contributed by atoms with Crippen LogP contribution in [-0.2, 0) is 6.54 Å². The van der Waals surface area contributed by atoms with Gasteiger partial charge < -0.3 is 15.0 Å². The summed E-state index contributed by atoms with van der Waals surface area (Å²) >= 11 is 8.10. The molecule has 5 nitrogen and oxygen atoms in total. The zero-order valence-electron chi connectivity index (χ0n) is 18.1. The topological polar surface area (TPSA) is 50.3 Å². The Bertz CT molecular complexity index is 768. The summed E-state index contributed by atoms with van der Waals surface area (Å²) in [6.07, 6.45) is 12.3. The molecule has 0 unspecified atom stereocenters. The van der Waals surface area contributed by atoms with Crippen molar-refractivity contribution in [1.82, 2.24) is 9.97 Å². The minimum Gasteiger partial charge on any atom is -0.489 e. The van der Waals surface area contributed by atoms with Crippen LogP contribution in [0.1, 0.15) is 44.6 Å². The lowest BCUT2D eigenvalue weighted by Gasteiger charge is -2.27. The number of anilines is 2. The quantitative estimate of drug-likeness (QED) is 0.408. The Kier molecular flexibility index (Phi) is 9.40. The summed E-state index contributed by atoms with van der Waals surface area (Å²) in [5.74, 6) is 3.13. The van der Waals surface area contributed by atoms with E-state index >= 15 is 0 Å². The Morgan fingerprint density at radius 3 is 2.70 bits per heavy atom.